The predicted octanol–water partition coefficient (Wildman–Crippen LogP) is 1.71. The molecule has 2 N–H and O–H groups in total. The number of thiazole rings is 1. The summed E-state index contributed by atoms with van der Waals surface area (Å²) < 4.78 is 42.3. The average molecular weight is 280 g/mol. The lowest BCUT2D eigenvalue weighted by Gasteiger charge is -2.23. The molecule has 0 saturated carbocycles. The topological polar surface area (TPSA) is 65.2 Å². The summed E-state index contributed by atoms with van der Waals surface area (Å²) in [5.74, 6) is -0.444. The van der Waals surface area contributed by atoms with Crippen LogP contribution in [-0.2, 0) is 10.9 Å². The molecular formula is C10H11F3N2O2S. The van der Waals surface area contributed by atoms with Gasteiger partial charge in [-0.3, -0.25) is 4.79 Å². The van der Waals surface area contributed by atoms with Gasteiger partial charge in [-0.15, -0.1) is 11.3 Å². The van der Waals surface area contributed by atoms with Gasteiger partial charge in [-0.05, 0) is 6.92 Å². The molecule has 0 aromatic carbocycles. The number of carbonyl (C=O) groups is 1. The van der Waals surface area contributed by atoms with E-state index < -0.39 is 28.4 Å². The minimum absolute atomic E-state index is 0.0363. The lowest BCUT2D eigenvalue weighted by atomic mass is 9.81. The SMILES string of the molecule is CC1(C(=O)c2cnc(C(F)(F)F)s2)COCC1N. The van der Waals surface area contributed by atoms with E-state index >= 15 is 0 Å². The molecule has 18 heavy (non-hydrogen) atoms. The van der Waals surface area contributed by atoms with E-state index in [4.69, 9.17) is 10.5 Å². The predicted molar refractivity (Wildman–Crippen MR) is 58.3 cm³/mol. The van der Waals surface area contributed by atoms with Crippen LogP contribution in [0.5, 0.6) is 0 Å². The van der Waals surface area contributed by atoms with E-state index in [9.17, 15) is 18.0 Å². The maximum Gasteiger partial charge on any atom is 0.443 e. The van der Waals surface area contributed by atoms with E-state index in [1.807, 2.05) is 0 Å². The van der Waals surface area contributed by atoms with Crippen molar-refractivity contribution in [2.24, 2.45) is 11.1 Å². The van der Waals surface area contributed by atoms with Crippen LogP contribution < -0.4 is 5.73 Å². The Balaban J connectivity index is 2.27. The van der Waals surface area contributed by atoms with Gasteiger partial charge in [-0.2, -0.15) is 13.2 Å². The molecule has 2 heterocycles. The number of ketones is 1. The van der Waals surface area contributed by atoms with E-state index in [1.54, 1.807) is 6.92 Å². The molecule has 2 rings (SSSR count). The Bertz CT molecular complexity index is 474. The van der Waals surface area contributed by atoms with Crippen LogP contribution >= 0.6 is 11.3 Å². The number of alkyl halides is 3. The molecular weight excluding hydrogens is 269 g/mol. The van der Waals surface area contributed by atoms with E-state index in [1.165, 1.54) is 0 Å². The van der Waals surface area contributed by atoms with Gasteiger partial charge in [-0.25, -0.2) is 4.98 Å². The highest BCUT2D eigenvalue weighted by Gasteiger charge is 2.46. The first-order valence-corrected chi connectivity index (χ1v) is 5.98. The van der Waals surface area contributed by atoms with E-state index in [-0.39, 0.29) is 18.1 Å². The first-order valence-electron chi connectivity index (χ1n) is 5.16. The number of Topliss-reactive ketones (excluding diaryl/α,β-unsaturated/α-hetero) is 1. The molecule has 0 aliphatic carbocycles. The highest BCUT2D eigenvalue weighted by Crippen LogP contribution is 2.37. The Labute approximate surface area is 105 Å². The number of nitrogens with two attached hydrogens (primary N) is 1. The zero-order valence-corrected chi connectivity index (χ0v) is 10.3. The van der Waals surface area contributed by atoms with Gasteiger partial charge in [0.05, 0.1) is 23.5 Å². The fraction of sp³-hybridized carbons (Fsp3) is 0.600. The number of halogens is 3. The number of carbonyl (C=O) groups excluding carboxylic acids is 1. The second-order valence-electron chi connectivity index (χ2n) is 4.40. The van der Waals surface area contributed by atoms with Gasteiger partial charge in [0.25, 0.3) is 0 Å². The van der Waals surface area contributed by atoms with Gasteiger partial charge < -0.3 is 10.5 Å². The summed E-state index contributed by atoms with van der Waals surface area (Å²) in [4.78, 5) is 15.4. The third-order valence-electron chi connectivity index (χ3n) is 3.01. The minimum Gasteiger partial charge on any atom is -0.379 e. The van der Waals surface area contributed by atoms with Crippen LogP contribution in [0.15, 0.2) is 6.20 Å². The van der Waals surface area contributed by atoms with E-state index in [0.717, 1.165) is 6.20 Å². The summed E-state index contributed by atoms with van der Waals surface area (Å²) >= 11 is 0.339. The van der Waals surface area contributed by atoms with Crippen LogP contribution in [0, 0.1) is 5.41 Å². The third-order valence-corrected chi connectivity index (χ3v) is 4.05. The molecule has 1 fully saturated rings. The van der Waals surface area contributed by atoms with Gasteiger partial charge in [0.2, 0.25) is 0 Å². The summed E-state index contributed by atoms with van der Waals surface area (Å²) in [7, 11) is 0. The van der Waals surface area contributed by atoms with Crippen molar-refractivity contribution in [3.8, 4) is 0 Å². The van der Waals surface area contributed by atoms with Crippen LogP contribution in [0.1, 0.15) is 21.6 Å². The first kappa shape index (κ1) is 13.4. The zero-order valence-electron chi connectivity index (χ0n) is 9.45. The van der Waals surface area contributed by atoms with Crippen LogP contribution in [-0.4, -0.2) is 30.0 Å². The lowest BCUT2D eigenvalue weighted by Crippen LogP contribution is -2.44. The maximum atomic E-state index is 12.4. The smallest absolute Gasteiger partial charge is 0.379 e. The largest absolute Gasteiger partial charge is 0.443 e. The van der Waals surface area contributed by atoms with Crippen molar-refractivity contribution in [1.29, 1.82) is 0 Å². The summed E-state index contributed by atoms with van der Waals surface area (Å²) in [6.45, 7) is 1.94. The van der Waals surface area contributed by atoms with Crippen molar-refractivity contribution in [1.82, 2.24) is 4.98 Å². The number of ether oxygens (including phenoxy) is 1. The van der Waals surface area contributed by atoms with Crippen molar-refractivity contribution in [2.45, 2.75) is 19.1 Å². The number of hydrogen-bond acceptors (Lipinski definition) is 5. The molecule has 1 aliphatic rings. The molecule has 0 amide bonds. The Kier molecular flexibility index (Phi) is 3.20. The fourth-order valence-electron chi connectivity index (χ4n) is 1.71. The monoisotopic (exact) mass is 280 g/mol. The molecule has 1 aromatic rings. The quantitative estimate of drug-likeness (QED) is 0.838. The normalized spacial score (nSPS) is 28.6. The summed E-state index contributed by atoms with van der Waals surface area (Å²) in [5.41, 5.74) is 4.78. The highest BCUT2D eigenvalue weighted by molar-refractivity contribution is 7.13. The van der Waals surface area contributed by atoms with Gasteiger partial charge in [0.1, 0.15) is 0 Å². The summed E-state index contributed by atoms with van der Waals surface area (Å²) in [6.07, 6.45) is -3.58. The molecule has 0 bridgehead atoms. The van der Waals surface area contributed by atoms with E-state index in [2.05, 4.69) is 4.98 Å². The molecule has 4 nitrogen and oxygen atoms in total. The highest BCUT2D eigenvalue weighted by atomic mass is 32.1. The molecule has 1 aromatic heterocycles. The summed E-state index contributed by atoms with van der Waals surface area (Å²) in [6, 6.07) is -0.513. The summed E-state index contributed by atoms with van der Waals surface area (Å²) in [5, 5.41) is -1.03. The van der Waals surface area contributed by atoms with Gasteiger partial charge in [0.15, 0.2) is 10.8 Å². The van der Waals surface area contributed by atoms with Gasteiger partial charge in [-0.1, -0.05) is 0 Å². The van der Waals surface area contributed by atoms with Crippen molar-refractivity contribution < 1.29 is 22.7 Å². The number of aromatic nitrogens is 1. The zero-order chi connectivity index (χ0) is 13.6. The van der Waals surface area contributed by atoms with Gasteiger partial charge >= 0.3 is 6.18 Å². The van der Waals surface area contributed by atoms with Crippen molar-refractivity contribution >= 4 is 17.1 Å². The standard InChI is InChI=1S/C10H11F3N2O2S/c1-9(4-17-3-6(9)14)7(16)5-2-15-8(18-5)10(11,12)13/h2,6H,3-4,14H2,1H3. The van der Waals surface area contributed by atoms with Crippen LogP contribution in [0.25, 0.3) is 0 Å². The molecule has 0 radical (unpaired) electrons. The first-order chi connectivity index (χ1) is 8.25. The molecule has 0 spiro atoms. The number of hydrogen-bond donors (Lipinski definition) is 1. The minimum atomic E-state index is -4.53. The molecule has 1 aliphatic heterocycles. The second-order valence-corrected chi connectivity index (χ2v) is 5.43. The molecule has 2 unspecified atom stereocenters. The Morgan fingerprint density at radius 2 is 2.33 bits per heavy atom. The number of nitrogens with zero attached hydrogens (tertiary/aromatic N) is 1. The van der Waals surface area contributed by atoms with Crippen LogP contribution in [0.4, 0.5) is 13.2 Å². The second kappa shape index (κ2) is 4.29. The average Bonchev–Trinajstić information content (AvgIpc) is 2.86. The van der Waals surface area contributed by atoms with Crippen LogP contribution in [0.2, 0.25) is 0 Å². The maximum absolute atomic E-state index is 12.4. The van der Waals surface area contributed by atoms with Crippen molar-refractivity contribution in [3.63, 3.8) is 0 Å². The Morgan fingerprint density at radius 3 is 2.78 bits per heavy atom. The molecule has 8 heteroatoms. The fourth-order valence-corrected chi connectivity index (χ4v) is 2.58. The molecule has 1 saturated heterocycles. The van der Waals surface area contributed by atoms with E-state index in [0.29, 0.717) is 11.3 Å². The molecule has 2 atom stereocenters. The Morgan fingerprint density at radius 1 is 1.67 bits per heavy atom. The van der Waals surface area contributed by atoms with Crippen molar-refractivity contribution in [2.75, 3.05) is 13.2 Å². The lowest BCUT2D eigenvalue weighted by molar-refractivity contribution is -0.137. The van der Waals surface area contributed by atoms with Crippen LogP contribution in [0.3, 0.4) is 0 Å². The Hall–Kier alpha value is -0.990. The third kappa shape index (κ3) is 2.15. The molecule has 100 valence electrons. The number of rotatable bonds is 2. The van der Waals surface area contributed by atoms with Gasteiger partial charge in [0, 0.05) is 12.2 Å². The van der Waals surface area contributed by atoms with Crippen molar-refractivity contribution in [3.05, 3.63) is 16.1 Å².